The molecule has 0 bridgehead atoms. The number of halogens is 2. The number of ether oxygens (including phenoxy) is 2. The molecule has 0 spiro atoms. The molecule has 4 aromatic rings. The molecule has 146 valence electrons. The quantitative estimate of drug-likeness (QED) is 0.301. The lowest BCUT2D eigenvalue weighted by Crippen LogP contribution is -2.02. The van der Waals surface area contributed by atoms with Crippen molar-refractivity contribution in [3.05, 3.63) is 22.4 Å². The first-order valence-electron chi connectivity index (χ1n) is 8.04. The maximum absolute atomic E-state index is 6.00. The van der Waals surface area contributed by atoms with Crippen molar-refractivity contribution in [1.82, 2.24) is 39.2 Å². The minimum absolute atomic E-state index is 0.280. The molecule has 4 rings (SSSR count). The SMILES string of the molecule is CCOc1nc(Cl)cc2nc(SSc3nc4cc(Cl)nc(OCC)n4n3)nn12. The summed E-state index contributed by atoms with van der Waals surface area (Å²) in [7, 11) is 2.57. The number of hydrogen-bond donors (Lipinski definition) is 0. The Bertz CT molecular complexity index is 1060. The normalized spacial score (nSPS) is 11.4. The predicted molar refractivity (Wildman–Crippen MR) is 106 cm³/mol. The zero-order valence-corrected chi connectivity index (χ0v) is 17.7. The summed E-state index contributed by atoms with van der Waals surface area (Å²) >= 11 is 12.0. The first-order chi connectivity index (χ1) is 13.6. The summed E-state index contributed by atoms with van der Waals surface area (Å²) in [5, 5.41) is 10.3. The van der Waals surface area contributed by atoms with Gasteiger partial charge in [-0.3, -0.25) is 0 Å². The van der Waals surface area contributed by atoms with Crippen molar-refractivity contribution in [1.29, 1.82) is 0 Å². The Hall–Kier alpha value is -2.02. The molecule has 0 aliphatic heterocycles. The molecule has 4 heterocycles. The molecule has 0 aliphatic rings. The zero-order chi connectivity index (χ0) is 19.7. The lowest BCUT2D eigenvalue weighted by atomic mass is 10.6. The molecule has 0 aromatic carbocycles. The highest BCUT2D eigenvalue weighted by Gasteiger charge is 2.15. The summed E-state index contributed by atoms with van der Waals surface area (Å²) in [4.78, 5) is 17.1. The van der Waals surface area contributed by atoms with E-state index in [2.05, 4.69) is 30.1 Å². The van der Waals surface area contributed by atoms with E-state index >= 15 is 0 Å². The van der Waals surface area contributed by atoms with Gasteiger partial charge in [0.15, 0.2) is 11.3 Å². The molecule has 0 aliphatic carbocycles. The maximum atomic E-state index is 6.00. The van der Waals surface area contributed by atoms with Crippen LogP contribution in [0.15, 0.2) is 22.4 Å². The molecule has 0 fully saturated rings. The fourth-order valence-corrected chi connectivity index (χ4v) is 4.07. The average molecular weight is 459 g/mol. The third-order valence-electron chi connectivity index (χ3n) is 3.23. The number of rotatable bonds is 7. The van der Waals surface area contributed by atoms with Gasteiger partial charge in [-0.05, 0) is 35.4 Å². The van der Waals surface area contributed by atoms with E-state index in [4.69, 9.17) is 32.7 Å². The van der Waals surface area contributed by atoms with Crippen molar-refractivity contribution in [3.63, 3.8) is 0 Å². The number of fused-ring (bicyclic) bond motifs is 2. The van der Waals surface area contributed by atoms with Crippen molar-refractivity contribution in [2.75, 3.05) is 13.2 Å². The smallest absolute Gasteiger partial charge is 0.321 e. The van der Waals surface area contributed by atoms with Crippen LogP contribution in [0, 0.1) is 0 Å². The summed E-state index contributed by atoms with van der Waals surface area (Å²) in [6.07, 6.45) is 0. The summed E-state index contributed by atoms with van der Waals surface area (Å²) in [5.74, 6) is 0. The van der Waals surface area contributed by atoms with Gasteiger partial charge in [0.05, 0.1) is 13.2 Å². The van der Waals surface area contributed by atoms with Gasteiger partial charge in [0.1, 0.15) is 10.3 Å². The molecule has 0 radical (unpaired) electrons. The first kappa shape index (κ1) is 19.3. The molecule has 0 amide bonds. The van der Waals surface area contributed by atoms with E-state index in [1.165, 1.54) is 30.6 Å². The standard InChI is InChI=1S/C14H12Cl2N8O2S2/c1-3-25-13-17-7(15)5-9-19-11(21-23(9)13)27-28-12-20-10-6-8(16)18-14(26-4-2)24(10)22-12/h5-6H,3-4H2,1-2H3. The van der Waals surface area contributed by atoms with Crippen molar-refractivity contribution in [3.8, 4) is 12.0 Å². The van der Waals surface area contributed by atoms with Crippen LogP contribution in [0.1, 0.15) is 13.8 Å². The van der Waals surface area contributed by atoms with Crippen molar-refractivity contribution in [2.45, 2.75) is 24.2 Å². The molecule has 0 N–H and O–H groups in total. The minimum Gasteiger partial charge on any atom is -0.464 e. The van der Waals surface area contributed by atoms with E-state index in [-0.39, 0.29) is 22.3 Å². The van der Waals surface area contributed by atoms with E-state index in [0.29, 0.717) is 34.8 Å². The second-order valence-corrected chi connectivity index (χ2v) is 7.92. The summed E-state index contributed by atoms with van der Waals surface area (Å²) in [5.41, 5.74) is 1.06. The van der Waals surface area contributed by atoms with Crippen LogP contribution in [0.5, 0.6) is 12.0 Å². The molecule has 0 atom stereocenters. The number of hydrogen-bond acceptors (Lipinski definition) is 10. The third kappa shape index (κ3) is 3.90. The zero-order valence-electron chi connectivity index (χ0n) is 14.5. The Morgan fingerprint density at radius 3 is 1.61 bits per heavy atom. The molecule has 0 unspecified atom stereocenters. The van der Waals surface area contributed by atoms with Gasteiger partial charge in [0, 0.05) is 12.1 Å². The van der Waals surface area contributed by atoms with Crippen molar-refractivity contribution in [2.24, 2.45) is 0 Å². The summed E-state index contributed by atoms with van der Waals surface area (Å²) in [6.45, 7) is 4.57. The van der Waals surface area contributed by atoms with E-state index < -0.39 is 0 Å². The Kier molecular flexibility index (Phi) is 5.62. The van der Waals surface area contributed by atoms with Crippen LogP contribution in [0.4, 0.5) is 0 Å². The molecule has 0 saturated carbocycles. The molecule has 14 heteroatoms. The number of aromatic nitrogens is 8. The topological polar surface area (TPSA) is 105 Å². The van der Waals surface area contributed by atoms with E-state index in [0.717, 1.165) is 0 Å². The van der Waals surface area contributed by atoms with Gasteiger partial charge in [-0.2, -0.15) is 19.0 Å². The highest BCUT2D eigenvalue weighted by Crippen LogP contribution is 2.35. The Morgan fingerprint density at radius 1 is 0.786 bits per heavy atom. The van der Waals surface area contributed by atoms with E-state index in [1.54, 1.807) is 12.1 Å². The molecule has 28 heavy (non-hydrogen) atoms. The van der Waals surface area contributed by atoms with Crippen LogP contribution < -0.4 is 9.47 Å². The predicted octanol–water partition coefficient (Wildman–Crippen LogP) is 3.47. The second-order valence-electron chi connectivity index (χ2n) is 5.08. The Balaban J connectivity index is 1.59. The lowest BCUT2D eigenvalue weighted by Gasteiger charge is -2.03. The fourth-order valence-electron chi connectivity index (χ4n) is 2.22. The van der Waals surface area contributed by atoms with Crippen molar-refractivity contribution >= 4 is 56.1 Å². The molecule has 4 aromatic heterocycles. The van der Waals surface area contributed by atoms with Gasteiger partial charge in [0.25, 0.3) is 0 Å². The number of nitrogens with zero attached hydrogens (tertiary/aromatic N) is 8. The largest absolute Gasteiger partial charge is 0.464 e. The molecule has 10 nitrogen and oxygen atoms in total. The Morgan fingerprint density at radius 2 is 1.21 bits per heavy atom. The van der Waals surface area contributed by atoms with Gasteiger partial charge < -0.3 is 9.47 Å². The highest BCUT2D eigenvalue weighted by atomic mass is 35.5. The van der Waals surface area contributed by atoms with Crippen LogP contribution in [0.25, 0.3) is 11.3 Å². The monoisotopic (exact) mass is 458 g/mol. The lowest BCUT2D eigenvalue weighted by molar-refractivity contribution is 0.302. The van der Waals surface area contributed by atoms with Gasteiger partial charge in [0.2, 0.25) is 10.3 Å². The van der Waals surface area contributed by atoms with Crippen LogP contribution in [-0.2, 0) is 0 Å². The average Bonchev–Trinajstić information content (AvgIpc) is 3.24. The van der Waals surface area contributed by atoms with Crippen LogP contribution in [0.3, 0.4) is 0 Å². The second kappa shape index (κ2) is 8.15. The summed E-state index contributed by atoms with van der Waals surface area (Å²) in [6, 6.07) is 3.78. The molecule has 0 saturated heterocycles. The van der Waals surface area contributed by atoms with Crippen LogP contribution >= 0.6 is 44.8 Å². The van der Waals surface area contributed by atoms with Crippen LogP contribution in [-0.4, -0.2) is 52.4 Å². The van der Waals surface area contributed by atoms with Crippen LogP contribution in [0.2, 0.25) is 10.3 Å². The highest BCUT2D eigenvalue weighted by molar-refractivity contribution is 8.76. The van der Waals surface area contributed by atoms with Gasteiger partial charge >= 0.3 is 12.0 Å². The van der Waals surface area contributed by atoms with Crippen molar-refractivity contribution < 1.29 is 9.47 Å². The first-order valence-corrected chi connectivity index (χ1v) is 10.9. The molecular formula is C14H12Cl2N8O2S2. The fraction of sp³-hybridized carbons (Fsp3) is 0.286. The maximum Gasteiger partial charge on any atom is 0.321 e. The van der Waals surface area contributed by atoms with E-state index in [1.807, 2.05) is 13.8 Å². The Labute approximate surface area is 176 Å². The van der Waals surface area contributed by atoms with Gasteiger partial charge in [-0.25, -0.2) is 9.97 Å². The third-order valence-corrected chi connectivity index (χ3v) is 5.49. The minimum atomic E-state index is 0.280. The molecular weight excluding hydrogens is 447 g/mol. The van der Waals surface area contributed by atoms with Gasteiger partial charge in [-0.1, -0.05) is 23.2 Å². The van der Waals surface area contributed by atoms with E-state index in [9.17, 15) is 0 Å². The van der Waals surface area contributed by atoms with Gasteiger partial charge in [-0.15, -0.1) is 10.2 Å². The summed E-state index contributed by atoms with van der Waals surface area (Å²) < 4.78 is 13.9.